The molecule has 1 saturated carbocycles. The lowest BCUT2D eigenvalue weighted by Crippen LogP contribution is -2.46. The molecule has 2 saturated heterocycles. The third kappa shape index (κ3) is 3.11. The van der Waals surface area contributed by atoms with Gasteiger partial charge >= 0.3 is 0 Å². The van der Waals surface area contributed by atoms with E-state index in [1.807, 2.05) is 0 Å². The number of carbonyl (C=O) groups is 1. The van der Waals surface area contributed by atoms with Gasteiger partial charge in [0.15, 0.2) is 0 Å². The van der Waals surface area contributed by atoms with E-state index in [1.54, 1.807) is 0 Å². The quantitative estimate of drug-likeness (QED) is 0.834. The molecular weight excluding hydrogens is 238 g/mol. The second-order valence-corrected chi connectivity index (χ2v) is 6.66. The molecule has 1 atom stereocenters. The summed E-state index contributed by atoms with van der Waals surface area (Å²) in [5.41, 5.74) is 5.96. The largest absolute Gasteiger partial charge is 0.341 e. The fourth-order valence-corrected chi connectivity index (χ4v) is 3.62. The molecule has 2 aliphatic heterocycles. The topological polar surface area (TPSA) is 49.6 Å². The zero-order valence-corrected chi connectivity index (χ0v) is 11.9. The van der Waals surface area contributed by atoms with Gasteiger partial charge < -0.3 is 10.6 Å². The number of carbonyl (C=O) groups excluding carboxylic acids is 1. The van der Waals surface area contributed by atoms with Crippen molar-refractivity contribution in [3.63, 3.8) is 0 Å². The molecule has 1 unspecified atom stereocenters. The normalized spacial score (nSPS) is 30.6. The fourth-order valence-electron chi connectivity index (χ4n) is 3.62. The van der Waals surface area contributed by atoms with Crippen molar-refractivity contribution in [1.82, 2.24) is 9.80 Å². The number of rotatable bonds is 3. The summed E-state index contributed by atoms with van der Waals surface area (Å²) in [6.07, 6.45) is 8.07. The van der Waals surface area contributed by atoms with Gasteiger partial charge in [-0.15, -0.1) is 0 Å². The molecule has 0 bridgehead atoms. The number of nitrogens with two attached hydrogens (primary N) is 1. The van der Waals surface area contributed by atoms with Crippen molar-refractivity contribution in [1.29, 1.82) is 0 Å². The summed E-state index contributed by atoms with van der Waals surface area (Å²) in [6, 6.07) is 0.992. The minimum Gasteiger partial charge on any atom is -0.341 e. The molecule has 2 N–H and O–H groups in total. The Bertz CT molecular complexity index is 321. The molecule has 0 radical (unpaired) electrons. The van der Waals surface area contributed by atoms with Crippen molar-refractivity contribution in [2.45, 2.75) is 57.0 Å². The third-order valence-electron chi connectivity index (χ3n) is 5.29. The van der Waals surface area contributed by atoms with Gasteiger partial charge in [0.2, 0.25) is 5.91 Å². The van der Waals surface area contributed by atoms with Gasteiger partial charge in [-0.2, -0.15) is 0 Å². The zero-order chi connectivity index (χ0) is 13.2. The highest BCUT2D eigenvalue weighted by Crippen LogP contribution is 2.30. The fraction of sp³-hybridized carbons (Fsp3) is 0.933. The Morgan fingerprint density at radius 3 is 2.42 bits per heavy atom. The number of amides is 1. The monoisotopic (exact) mass is 265 g/mol. The van der Waals surface area contributed by atoms with Crippen LogP contribution in [0.15, 0.2) is 0 Å². The van der Waals surface area contributed by atoms with Gasteiger partial charge in [0.25, 0.3) is 0 Å². The molecule has 3 fully saturated rings. The van der Waals surface area contributed by atoms with E-state index in [0.29, 0.717) is 23.9 Å². The van der Waals surface area contributed by atoms with Crippen LogP contribution in [0.4, 0.5) is 0 Å². The van der Waals surface area contributed by atoms with E-state index in [9.17, 15) is 4.79 Å². The molecule has 1 aliphatic carbocycles. The number of piperidine rings is 1. The van der Waals surface area contributed by atoms with Crippen molar-refractivity contribution >= 4 is 5.91 Å². The minimum absolute atomic E-state index is 0.397. The molecule has 19 heavy (non-hydrogen) atoms. The lowest BCUT2D eigenvalue weighted by molar-refractivity contribution is -0.132. The van der Waals surface area contributed by atoms with E-state index in [4.69, 9.17) is 5.73 Å². The van der Waals surface area contributed by atoms with E-state index in [-0.39, 0.29) is 0 Å². The Balaban J connectivity index is 1.45. The van der Waals surface area contributed by atoms with Crippen LogP contribution in [0.25, 0.3) is 0 Å². The Hall–Kier alpha value is -0.610. The van der Waals surface area contributed by atoms with Crippen molar-refractivity contribution in [3.8, 4) is 0 Å². The summed E-state index contributed by atoms with van der Waals surface area (Å²) >= 11 is 0. The molecular formula is C15H27N3O. The Morgan fingerprint density at radius 2 is 1.79 bits per heavy atom. The molecule has 4 nitrogen and oxygen atoms in total. The van der Waals surface area contributed by atoms with Crippen molar-refractivity contribution < 1.29 is 4.79 Å². The molecule has 108 valence electrons. The number of hydrogen-bond donors (Lipinski definition) is 1. The Labute approximate surface area is 116 Å². The lowest BCUT2D eigenvalue weighted by Gasteiger charge is -2.34. The first-order valence-corrected chi connectivity index (χ1v) is 8.00. The van der Waals surface area contributed by atoms with Gasteiger partial charge in [-0.05, 0) is 51.1 Å². The van der Waals surface area contributed by atoms with E-state index in [0.717, 1.165) is 51.9 Å². The van der Waals surface area contributed by atoms with Gasteiger partial charge in [0.1, 0.15) is 0 Å². The molecule has 1 amide bonds. The second-order valence-electron chi connectivity index (χ2n) is 6.66. The molecule has 0 aromatic rings. The maximum absolute atomic E-state index is 12.2. The average molecular weight is 265 g/mol. The van der Waals surface area contributed by atoms with Crippen LogP contribution in [0.2, 0.25) is 0 Å². The van der Waals surface area contributed by atoms with Crippen LogP contribution in [0.5, 0.6) is 0 Å². The van der Waals surface area contributed by atoms with Gasteiger partial charge in [0.05, 0.1) is 0 Å². The van der Waals surface area contributed by atoms with Gasteiger partial charge in [-0.3, -0.25) is 9.69 Å². The van der Waals surface area contributed by atoms with Gasteiger partial charge in [-0.25, -0.2) is 0 Å². The van der Waals surface area contributed by atoms with Crippen LogP contribution in [0.1, 0.15) is 44.9 Å². The maximum Gasteiger partial charge on any atom is 0.222 e. The predicted molar refractivity (Wildman–Crippen MR) is 75.7 cm³/mol. The van der Waals surface area contributed by atoms with Crippen molar-refractivity contribution in [2.75, 3.05) is 26.2 Å². The maximum atomic E-state index is 12.2. The second kappa shape index (κ2) is 5.80. The van der Waals surface area contributed by atoms with Crippen LogP contribution in [0.3, 0.4) is 0 Å². The van der Waals surface area contributed by atoms with Crippen LogP contribution in [-0.2, 0) is 4.79 Å². The van der Waals surface area contributed by atoms with Crippen LogP contribution in [-0.4, -0.2) is 54.0 Å². The van der Waals surface area contributed by atoms with Crippen molar-refractivity contribution in [2.24, 2.45) is 11.7 Å². The summed E-state index contributed by atoms with van der Waals surface area (Å²) in [7, 11) is 0. The number of likely N-dealkylation sites (tertiary alicyclic amines) is 2. The first-order valence-electron chi connectivity index (χ1n) is 8.00. The number of nitrogens with zero attached hydrogens (tertiary/aromatic N) is 2. The zero-order valence-electron chi connectivity index (χ0n) is 11.9. The summed E-state index contributed by atoms with van der Waals surface area (Å²) in [5.74, 6) is 1.10. The molecule has 2 heterocycles. The lowest BCUT2D eigenvalue weighted by atomic mass is 9.83. The van der Waals surface area contributed by atoms with E-state index < -0.39 is 0 Å². The first kappa shape index (κ1) is 13.4. The average Bonchev–Trinajstić information content (AvgIpc) is 2.84. The van der Waals surface area contributed by atoms with Gasteiger partial charge in [0, 0.05) is 31.6 Å². The standard InChI is InChI=1S/C15H27N3O/c16-13-4-7-17(8-5-13)14-6-9-18(11-14)15(19)10-12-2-1-3-12/h12-14H,1-11,16H2. The van der Waals surface area contributed by atoms with Crippen LogP contribution >= 0.6 is 0 Å². The molecule has 3 rings (SSSR count). The highest BCUT2D eigenvalue weighted by Gasteiger charge is 2.33. The highest BCUT2D eigenvalue weighted by atomic mass is 16.2. The van der Waals surface area contributed by atoms with E-state index in [2.05, 4.69) is 9.80 Å². The van der Waals surface area contributed by atoms with E-state index in [1.165, 1.54) is 19.3 Å². The van der Waals surface area contributed by atoms with Gasteiger partial charge in [-0.1, -0.05) is 6.42 Å². The SMILES string of the molecule is NC1CCN(C2CCN(C(=O)CC3CCC3)C2)CC1. The minimum atomic E-state index is 0.397. The molecule has 0 aromatic carbocycles. The van der Waals surface area contributed by atoms with Crippen LogP contribution < -0.4 is 5.73 Å². The molecule has 4 heteroatoms. The van der Waals surface area contributed by atoms with Crippen molar-refractivity contribution in [3.05, 3.63) is 0 Å². The number of hydrogen-bond acceptors (Lipinski definition) is 3. The van der Waals surface area contributed by atoms with Crippen LogP contribution in [0, 0.1) is 5.92 Å². The molecule has 3 aliphatic rings. The molecule has 0 spiro atoms. The Morgan fingerprint density at radius 1 is 1.05 bits per heavy atom. The van der Waals surface area contributed by atoms with E-state index >= 15 is 0 Å². The first-order chi connectivity index (χ1) is 9.22. The Kier molecular flexibility index (Phi) is 4.08. The third-order valence-corrected chi connectivity index (χ3v) is 5.29. The predicted octanol–water partition coefficient (Wildman–Crippen LogP) is 1.20. The summed E-state index contributed by atoms with van der Waals surface area (Å²) in [4.78, 5) is 16.9. The summed E-state index contributed by atoms with van der Waals surface area (Å²) < 4.78 is 0. The smallest absolute Gasteiger partial charge is 0.222 e. The molecule has 0 aromatic heterocycles. The summed E-state index contributed by atoms with van der Waals surface area (Å²) in [5, 5.41) is 0. The highest BCUT2D eigenvalue weighted by molar-refractivity contribution is 5.76. The summed E-state index contributed by atoms with van der Waals surface area (Å²) in [6.45, 7) is 4.17.